The lowest BCUT2D eigenvalue weighted by molar-refractivity contribution is 1.11. The SMILES string of the molecule is Nc1nc(Br)c(Br)nc1Br. The number of nitrogen functional groups attached to an aromatic ring is 1. The summed E-state index contributed by atoms with van der Waals surface area (Å²) in [5.41, 5.74) is 5.42. The van der Waals surface area contributed by atoms with Crippen LogP contribution in [-0.4, -0.2) is 9.97 Å². The first-order valence-electron chi connectivity index (χ1n) is 2.25. The van der Waals surface area contributed by atoms with E-state index in [-0.39, 0.29) is 0 Å². The van der Waals surface area contributed by atoms with E-state index in [4.69, 9.17) is 5.73 Å². The first-order chi connectivity index (χ1) is 4.61. The van der Waals surface area contributed by atoms with Crippen molar-refractivity contribution >= 4 is 53.6 Å². The number of nitrogens with two attached hydrogens (primary N) is 1. The average molecular weight is 332 g/mol. The smallest absolute Gasteiger partial charge is 0.158 e. The van der Waals surface area contributed by atoms with E-state index in [9.17, 15) is 0 Å². The molecule has 1 aromatic heterocycles. The molecule has 6 heteroatoms. The van der Waals surface area contributed by atoms with Crippen molar-refractivity contribution in [1.29, 1.82) is 0 Å². The number of hydrogen-bond donors (Lipinski definition) is 1. The minimum atomic E-state index is 0.370. The predicted molar refractivity (Wildman–Crippen MR) is 49.5 cm³/mol. The Labute approximate surface area is 82.8 Å². The maximum absolute atomic E-state index is 5.42. The van der Waals surface area contributed by atoms with Crippen LogP contribution in [0.5, 0.6) is 0 Å². The molecule has 10 heavy (non-hydrogen) atoms. The van der Waals surface area contributed by atoms with Crippen molar-refractivity contribution in [2.75, 3.05) is 5.73 Å². The van der Waals surface area contributed by atoms with Gasteiger partial charge in [-0.2, -0.15) is 0 Å². The molecule has 2 N–H and O–H groups in total. The molecular formula is C4H2Br3N3. The summed E-state index contributed by atoms with van der Waals surface area (Å²) >= 11 is 9.46. The average Bonchev–Trinajstić information content (AvgIpc) is 1.84. The summed E-state index contributed by atoms with van der Waals surface area (Å²) in [6.45, 7) is 0. The molecular weight excluding hydrogens is 330 g/mol. The molecule has 0 saturated carbocycles. The van der Waals surface area contributed by atoms with Crippen LogP contribution in [0.2, 0.25) is 0 Å². The van der Waals surface area contributed by atoms with E-state index >= 15 is 0 Å². The van der Waals surface area contributed by atoms with Gasteiger partial charge in [0.25, 0.3) is 0 Å². The molecule has 0 radical (unpaired) electrons. The van der Waals surface area contributed by atoms with Gasteiger partial charge in [-0.05, 0) is 47.8 Å². The van der Waals surface area contributed by atoms with Crippen LogP contribution in [0.4, 0.5) is 5.82 Å². The summed E-state index contributed by atoms with van der Waals surface area (Å²) in [5, 5.41) is 0. The number of nitrogens with zero attached hydrogens (tertiary/aromatic N) is 2. The second-order valence-electron chi connectivity index (χ2n) is 1.48. The lowest BCUT2D eigenvalue weighted by Crippen LogP contribution is -1.95. The van der Waals surface area contributed by atoms with Crippen LogP contribution < -0.4 is 5.73 Å². The highest BCUT2D eigenvalue weighted by Gasteiger charge is 2.03. The van der Waals surface area contributed by atoms with Gasteiger partial charge in [0, 0.05) is 0 Å². The minimum absolute atomic E-state index is 0.370. The third kappa shape index (κ3) is 1.67. The van der Waals surface area contributed by atoms with Crippen LogP contribution in [0, 0.1) is 0 Å². The van der Waals surface area contributed by atoms with Gasteiger partial charge in [-0.1, -0.05) is 0 Å². The fourth-order valence-electron chi connectivity index (χ4n) is 0.388. The second kappa shape index (κ2) is 3.15. The van der Waals surface area contributed by atoms with Gasteiger partial charge in [-0.25, -0.2) is 9.97 Å². The summed E-state index contributed by atoms with van der Waals surface area (Å²) in [5.74, 6) is 0.370. The van der Waals surface area contributed by atoms with Crippen molar-refractivity contribution in [1.82, 2.24) is 9.97 Å². The molecule has 0 saturated heterocycles. The fourth-order valence-corrected chi connectivity index (χ4v) is 1.44. The van der Waals surface area contributed by atoms with E-state index in [0.29, 0.717) is 19.6 Å². The van der Waals surface area contributed by atoms with E-state index < -0.39 is 0 Å². The van der Waals surface area contributed by atoms with E-state index in [1.807, 2.05) is 0 Å². The Morgan fingerprint density at radius 1 is 0.900 bits per heavy atom. The van der Waals surface area contributed by atoms with Crippen molar-refractivity contribution < 1.29 is 0 Å². The molecule has 1 rings (SSSR count). The molecule has 0 aliphatic rings. The first kappa shape index (κ1) is 8.42. The van der Waals surface area contributed by atoms with Crippen molar-refractivity contribution in [2.45, 2.75) is 0 Å². The zero-order valence-electron chi connectivity index (χ0n) is 4.61. The maximum atomic E-state index is 5.42. The Morgan fingerprint density at radius 3 is 1.90 bits per heavy atom. The second-order valence-corrected chi connectivity index (χ2v) is 3.73. The van der Waals surface area contributed by atoms with Gasteiger partial charge in [-0.3, -0.25) is 0 Å². The van der Waals surface area contributed by atoms with Gasteiger partial charge < -0.3 is 5.73 Å². The highest BCUT2D eigenvalue weighted by molar-refractivity contribution is 9.13. The van der Waals surface area contributed by atoms with Crippen LogP contribution in [0.1, 0.15) is 0 Å². The molecule has 1 aromatic rings. The van der Waals surface area contributed by atoms with Crippen LogP contribution >= 0.6 is 47.8 Å². The highest BCUT2D eigenvalue weighted by Crippen LogP contribution is 2.23. The normalized spacial score (nSPS) is 9.90. The molecule has 54 valence electrons. The number of aromatic nitrogens is 2. The number of halogens is 3. The van der Waals surface area contributed by atoms with Gasteiger partial charge in [0.15, 0.2) is 5.82 Å². The van der Waals surface area contributed by atoms with Crippen molar-refractivity contribution in [3.63, 3.8) is 0 Å². The summed E-state index contributed by atoms with van der Waals surface area (Å²) in [6, 6.07) is 0. The highest BCUT2D eigenvalue weighted by atomic mass is 79.9. The molecule has 1 heterocycles. The van der Waals surface area contributed by atoms with E-state index in [1.165, 1.54) is 0 Å². The molecule has 0 spiro atoms. The zero-order valence-corrected chi connectivity index (χ0v) is 9.36. The van der Waals surface area contributed by atoms with Crippen molar-refractivity contribution in [2.24, 2.45) is 0 Å². The molecule has 3 nitrogen and oxygen atoms in total. The molecule has 0 unspecified atom stereocenters. The Balaban J connectivity index is 3.28. The van der Waals surface area contributed by atoms with Gasteiger partial charge in [0.2, 0.25) is 0 Å². The third-order valence-electron chi connectivity index (χ3n) is 0.797. The van der Waals surface area contributed by atoms with Gasteiger partial charge >= 0.3 is 0 Å². The molecule has 0 atom stereocenters. The fraction of sp³-hybridized carbons (Fsp3) is 0. The van der Waals surface area contributed by atoms with Crippen molar-refractivity contribution in [3.8, 4) is 0 Å². The molecule has 0 amide bonds. The van der Waals surface area contributed by atoms with Crippen LogP contribution in [-0.2, 0) is 0 Å². The Kier molecular flexibility index (Phi) is 2.65. The summed E-state index contributed by atoms with van der Waals surface area (Å²) in [7, 11) is 0. The van der Waals surface area contributed by atoms with E-state index in [0.717, 1.165) is 0 Å². The molecule has 0 aliphatic carbocycles. The topological polar surface area (TPSA) is 51.8 Å². The number of anilines is 1. The quantitative estimate of drug-likeness (QED) is 0.794. The van der Waals surface area contributed by atoms with E-state index in [2.05, 4.69) is 57.8 Å². The van der Waals surface area contributed by atoms with Gasteiger partial charge in [-0.15, -0.1) is 0 Å². The van der Waals surface area contributed by atoms with Crippen LogP contribution in [0.25, 0.3) is 0 Å². The Hall–Kier alpha value is 0.320. The Morgan fingerprint density at radius 2 is 1.40 bits per heavy atom. The maximum Gasteiger partial charge on any atom is 0.158 e. The summed E-state index contributed by atoms with van der Waals surface area (Å²) in [6.07, 6.45) is 0. The largest absolute Gasteiger partial charge is 0.381 e. The van der Waals surface area contributed by atoms with Crippen molar-refractivity contribution in [3.05, 3.63) is 13.8 Å². The first-order valence-corrected chi connectivity index (χ1v) is 4.63. The lowest BCUT2D eigenvalue weighted by atomic mass is 10.7. The van der Waals surface area contributed by atoms with Gasteiger partial charge in [0.05, 0.1) is 0 Å². The molecule has 0 aromatic carbocycles. The summed E-state index contributed by atoms with van der Waals surface area (Å²) in [4.78, 5) is 7.88. The zero-order chi connectivity index (χ0) is 7.72. The summed E-state index contributed by atoms with van der Waals surface area (Å²) < 4.78 is 1.78. The standard InChI is InChI=1S/C4H2Br3N3/c5-1-2(6)10-4(8)3(7)9-1/h(H2,8,10). The monoisotopic (exact) mass is 329 g/mol. The third-order valence-corrected chi connectivity index (χ3v) is 3.02. The van der Waals surface area contributed by atoms with Crippen LogP contribution in [0.3, 0.4) is 0 Å². The number of hydrogen-bond acceptors (Lipinski definition) is 3. The Bertz CT molecular complexity index is 212. The molecule has 0 aliphatic heterocycles. The minimum Gasteiger partial charge on any atom is -0.381 e. The predicted octanol–water partition coefficient (Wildman–Crippen LogP) is 2.35. The number of rotatable bonds is 0. The van der Waals surface area contributed by atoms with E-state index in [1.54, 1.807) is 0 Å². The lowest BCUT2D eigenvalue weighted by Gasteiger charge is -1.97. The molecule has 0 fully saturated rings. The van der Waals surface area contributed by atoms with Crippen LogP contribution in [0.15, 0.2) is 13.8 Å². The molecule has 0 bridgehead atoms. The van der Waals surface area contributed by atoms with Gasteiger partial charge in [0.1, 0.15) is 13.8 Å².